The predicted octanol–water partition coefficient (Wildman–Crippen LogP) is 7.42. The molecule has 0 aromatic carbocycles. The molecule has 6 nitrogen and oxygen atoms in total. The summed E-state index contributed by atoms with van der Waals surface area (Å²) in [6, 6.07) is 2.13. The molecule has 4 aliphatic rings. The van der Waals surface area contributed by atoms with Gasteiger partial charge >= 0.3 is 5.97 Å². The Hall–Kier alpha value is -2.40. The number of nitrogens with zero attached hydrogens (tertiary/aromatic N) is 1. The third kappa shape index (κ3) is 7.04. The highest BCUT2D eigenvalue weighted by Crippen LogP contribution is 2.41. The number of anilines is 1. The highest BCUT2D eigenvalue weighted by atomic mass is 32.1. The van der Waals surface area contributed by atoms with Crippen LogP contribution in [0.15, 0.2) is 34.7 Å². The summed E-state index contributed by atoms with van der Waals surface area (Å²) in [4.78, 5) is 30.1. The van der Waals surface area contributed by atoms with E-state index in [0.29, 0.717) is 19.1 Å². The molecule has 0 radical (unpaired) electrons. The van der Waals surface area contributed by atoms with Gasteiger partial charge in [-0.15, -0.1) is 11.3 Å². The fourth-order valence-corrected chi connectivity index (χ4v) is 7.85. The van der Waals surface area contributed by atoms with Gasteiger partial charge in [0.15, 0.2) is 11.4 Å². The number of hydrogen-bond acceptors (Lipinski definition) is 6. The van der Waals surface area contributed by atoms with Crippen molar-refractivity contribution in [2.24, 2.45) is 23.7 Å². The van der Waals surface area contributed by atoms with Gasteiger partial charge in [-0.2, -0.15) is 0 Å². The van der Waals surface area contributed by atoms with Crippen LogP contribution in [0.1, 0.15) is 97.8 Å². The molecule has 1 aromatic heterocycles. The number of esters is 1. The zero-order valence-corrected chi connectivity index (χ0v) is 27.0. The standard InChI is InChI=1S/C35H47NO5S/c1-23-7-9-30(25(3)19-23)32(37)36(27-11-15-35(16-12-27)39-17-18-40-35)28-21-29(42-22-28)13-14-34(5,6)41-33(38)31-10-8-24(2)20-26(31)4/h7-8,21-22,25-27,30-31H,9-12,15-20H2,1-6H3/t25-,26-,30-,31-/m0/s1. The van der Waals surface area contributed by atoms with E-state index >= 15 is 0 Å². The van der Waals surface area contributed by atoms with Crippen LogP contribution >= 0.6 is 11.3 Å². The Balaban J connectivity index is 1.32. The lowest BCUT2D eigenvalue weighted by Crippen LogP contribution is -2.49. The van der Waals surface area contributed by atoms with Gasteiger partial charge in [0.25, 0.3) is 0 Å². The SMILES string of the molecule is CC1=CC[C@H](C(=O)OC(C)(C)C#Cc2cc(N(C(=O)[C@H]3CC=C(C)C[C@@H]3C)C3CCC4(CC3)OCCO4)cs2)[C@@H](C)C1. The highest BCUT2D eigenvalue weighted by Gasteiger charge is 2.44. The average Bonchev–Trinajstić information content (AvgIpc) is 3.58. The van der Waals surface area contributed by atoms with E-state index in [2.05, 4.69) is 62.0 Å². The quantitative estimate of drug-likeness (QED) is 0.202. The fraction of sp³-hybridized carbons (Fsp3) is 0.657. The molecule has 3 aliphatic carbocycles. The molecule has 0 bridgehead atoms. The number of carbonyl (C=O) groups is 2. The van der Waals surface area contributed by atoms with Crippen LogP contribution in [0.25, 0.3) is 0 Å². The highest BCUT2D eigenvalue weighted by molar-refractivity contribution is 7.11. The van der Waals surface area contributed by atoms with Crippen molar-refractivity contribution in [2.75, 3.05) is 18.1 Å². The molecule has 1 aromatic rings. The van der Waals surface area contributed by atoms with Crippen LogP contribution < -0.4 is 4.90 Å². The molecule has 5 rings (SSSR count). The molecule has 2 fully saturated rings. The van der Waals surface area contributed by atoms with E-state index in [4.69, 9.17) is 14.2 Å². The molecular weight excluding hydrogens is 546 g/mol. The van der Waals surface area contributed by atoms with Gasteiger partial charge in [0.2, 0.25) is 5.91 Å². The van der Waals surface area contributed by atoms with Gasteiger partial charge in [-0.05, 0) is 90.0 Å². The first kappa shape index (κ1) is 31.0. The topological polar surface area (TPSA) is 65.1 Å². The van der Waals surface area contributed by atoms with Crippen molar-refractivity contribution in [2.45, 2.75) is 110 Å². The van der Waals surface area contributed by atoms with E-state index in [1.54, 1.807) is 0 Å². The van der Waals surface area contributed by atoms with Crippen LogP contribution in [-0.2, 0) is 23.8 Å². The Morgan fingerprint density at radius 2 is 1.60 bits per heavy atom. The maximum atomic E-state index is 14.2. The van der Waals surface area contributed by atoms with E-state index in [9.17, 15) is 9.59 Å². The number of ether oxygens (including phenoxy) is 3. The second-order valence-corrected chi connectivity index (χ2v) is 14.5. The summed E-state index contributed by atoms with van der Waals surface area (Å²) in [6.45, 7) is 13.6. The predicted molar refractivity (Wildman–Crippen MR) is 167 cm³/mol. The number of carbonyl (C=O) groups excluding carboxylic acids is 2. The molecule has 7 heteroatoms. The van der Waals surface area contributed by atoms with Gasteiger partial charge < -0.3 is 19.1 Å². The van der Waals surface area contributed by atoms with Crippen molar-refractivity contribution in [3.8, 4) is 11.8 Å². The minimum Gasteiger partial charge on any atom is -0.446 e. The maximum absolute atomic E-state index is 14.2. The molecule has 4 atom stereocenters. The second kappa shape index (κ2) is 12.7. The molecule has 0 N–H and O–H groups in total. The molecule has 1 aliphatic heterocycles. The first-order valence-electron chi connectivity index (χ1n) is 15.7. The number of allylic oxidation sites excluding steroid dienone is 4. The van der Waals surface area contributed by atoms with Crippen LogP contribution in [0, 0.1) is 35.5 Å². The van der Waals surface area contributed by atoms with Crippen LogP contribution in [-0.4, -0.2) is 42.5 Å². The third-order valence-electron chi connectivity index (χ3n) is 9.56. The van der Waals surface area contributed by atoms with Crippen molar-refractivity contribution in [3.05, 3.63) is 39.6 Å². The summed E-state index contributed by atoms with van der Waals surface area (Å²) in [5, 5.41) is 2.06. The molecule has 2 heterocycles. The van der Waals surface area contributed by atoms with E-state index in [0.717, 1.165) is 61.9 Å². The molecule has 1 saturated carbocycles. The minimum absolute atomic E-state index is 0.0304. The van der Waals surface area contributed by atoms with E-state index in [1.807, 2.05) is 19.9 Å². The summed E-state index contributed by atoms with van der Waals surface area (Å²) in [6.07, 6.45) is 11.1. The Labute approximate surface area is 255 Å². The summed E-state index contributed by atoms with van der Waals surface area (Å²) < 4.78 is 17.9. The first-order valence-corrected chi connectivity index (χ1v) is 16.6. The summed E-state index contributed by atoms with van der Waals surface area (Å²) >= 11 is 1.54. The van der Waals surface area contributed by atoms with Gasteiger partial charge in [-0.25, -0.2) is 0 Å². The van der Waals surface area contributed by atoms with Crippen LogP contribution in [0.2, 0.25) is 0 Å². The van der Waals surface area contributed by atoms with Gasteiger partial charge in [0, 0.05) is 30.2 Å². The van der Waals surface area contributed by atoms with E-state index < -0.39 is 11.4 Å². The molecule has 1 spiro atoms. The first-order chi connectivity index (χ1) is 20.0. The van der Waals surface area contributed by atoms with Crippen molar-refractivity contribution < 1.29 is 23.8 Å². The average molecular weight is 594 g/mol. The number of hydrogen-bond donors (Lipinski definition) is 0. The third-order valence-corrected chi connectivity index (χ3v) is 10.4. The lowest BCUT2D eigenvalue weighted by atomic mass is 9.79. The Kier molecular flexibility index (Phi) is 9.37. The lowest BCUT2D eigenvalue weighted by Gasteiger charge is -2.42. The van der Waals surface area contributed by atoms with Crippen LogP contribution in [0.4, 0.5) is 5.69 Å². The normalized spacial score (nSPS) is 28.0. The number of rotatable bonds is 5. The molecule has 1 saturated heterocycles. The monoisotopic (exact) mass is 593 g/mol. The summed E-state index contributed by atoms with van der Waals surface area (Å²) in [5.74, 6) is 6.43. The molecule has 228 valence electrons. The van der Waals surface area contributed by atoms with Crippen LogP contribution in [0.5, 0.6) is 0 Å². The van der Waals surface area contributed by atoms with Gasteiger partial charge in [-0.3, -0.25) is 9.59 Å². The van der Waals surface area contributed by atoms with Gasteiger partial charge in [0.05, 0.1) is 29.7 Å². The number of thiophene rings is 1. The maximum Gasteiger partial charge on any atom is 0.311 e. The van der Waals surface area contributed by atoms with Crippen molar-refractivity contribution >= 4 is 28.9 Å². The molecule has 1 amide bonds. The summed E-state index contributed by atoms with van der Waals surface area (Å²) in [5.41, 5.74) is 2.71. The fourth-order valence-electron chi connectivity index (χ4n) is 7.13. The van der Waals surface area contributed by atoms with E-state index in [-0.39, 0.29) is 35.7 Å². The van der Waals surface area contributed by atoms with E-state index in [1.165, 1.54) is 22.5 Å². The Morgan fingerprint density at radius 1 is 1.00 bits per heavy atom. The lowest BCUT2D eigenvalue weighted by molar-refractivity contribution is -0.179. The van der Waals surface area contributed by atoms with Crippen molar-refractivity contribution in [1.82, 2.24) is 0 Å². The number of amides is 1. The zero-order chi connectivity index (χ0) is 30.1. The molecular formula is C35H47NO5S. The minimum atomic E-state index is -0.909. The molecule has 0 unspecified atom stereocenters. The summed E-state index contributed by atoms with van der Waals surface area (Å²) in [7, 11) is 0. The Morgan fingerprint density at radius 3 is 2.19 bits per heavy atom. The second-order valence-electron chi connectivity index (χ2n) is 13.5. The van der Waals surface area contributed by atoms with Crippen molar-refractivity contribution in [3.63, 3.8) is 0 Å². The van der Waals surface area contributed by atoms with Crippen LogP contribution in [0.3, 0.4) is 0 Å². The van der Waals surface area contributed by atoms with Gasteiger partial charge in [0.1, 0.15) is 0 Å². The smallest absolute Gasteiger partial charge is 0.311 e. The largest absolute Gasteiger partial charge is 0.446 e. The Bertz CT molecular complexity index is 1280. The molecule has 42 heavy (non-hydrogen) atoms. The van der Waals surface area contributed by atoms with Gasteiger partial charge in [-0.1, -0.05) is 43.1 Å². The zero-order valence-electron chi connectivity index (χ0n) is 26.2. The van der Waals surface area contributed by atoms with Crippen molar-refractivity contribution in [1.29, 1.82) is 0 Å².